The van der Waals surface area contributed by atoms with Crippen LogP contribution < -0.4 is 18.9 Å². The summed E-state index contributed by atoms with van der Waals surface area (Å²) < 4.78 is 35.6. The number of nitrogens with zero attached hydrogens (tertiary/aromatic N) is 6. The summed E-state index contributed by atoms with van der Waals surface area (Å²) in [4.78, 5) is 36.3. The molecule has 0 radical (unpaired) electrons. The molecule has 2 aromatic heterocycles. The average Bonchev–Trinajstić information content (AvgIpc) is 3.92. The molecule has 2 saturated heterocycles. The number of aliphatic hydroxyl groups excluding tert-OH is 2. The molecule has 2 N–H and O–H groups in total. The first-order chi connectivity index (χ1) is 34.0. The molecule has 4 heterocycles. The van der Waals surface area contributed by atoms with Gasteiger partial charge in [0.05, 0.1) is 59.6 Å². The second-order valence-corrected chi connectivity index (χ2v) is 17.4. The van der Waals surface area contributed by atoms with Crippen molar-refractivity contribution in [3.63, 3.8) is 0 Å². The van der Waals surface area contributed by atoms with Crippen molar-refractivity contribution in [1.29, 1.82) is 10.5 Å². The fourth-order valence-corrected chi connectivity index (χ4v) is 8.56. The number of benzene rings is 4. The quantitative estimate of drug-likeness (QED) is 0.0778. The van der Waals surface area contributed by atoms with Crippen molar-refractivity contribution in [1.82, 2.24) is 19.8 Å². The lowest BCUT2D eigenvalue weighted by Crippen LogP contribution is -2.35. The monoisotopic (exact) mass is 984 g/mol. The molecule has 2 aliphatic rings. The maximum atomic E-state index is 12.6. The Balaban J connectivity index is 1.01. The minimum absolute atomic E-state index is 0.0540. The second kappa shape index (κ2) is 22.2. The number of pyridine rings is 2. The Hall–Kier alpha value is -7.60. The number of hydrogen-bond donors (Lipinski definition) is 2. The first-order valence-electron chi connectivity index (χ1n) is 22.1. The van der Waals surface area contributed by atoms with Gasteiger partial charge in [-0.3, -0.25) is 19.8 Å². The van der Waals surface area contributed by atoms with E-state index in [9.17, 15) is 30.3 Å². The Kier molecular flexibility index (Phi) is 15.5. The van der Waals surface area contributed by atoms with Crippen LogP contribution in [0.2, 0.25) is 10.0 Å². The van der Waals surface area contributed by atoms with Crippen LogP contribution in [0.15, 0.2) is 97.6 Å². The van der Waals surface area contributed by atoms with Gasteiger partial charge in [-0.15, -0.1) is 0 Å². The summed E-state index contributed by atoms with van der Waals surface area (Å²) in [5.41, 5.74) is 8.89. The van der Waals surface area contributed by atoms with Gasteiger partial charge in [0.1, 0.15) is 74.8 Å². The molecule has 8 rings (SSSR count). The van der Waals surface area contributed by atoms with Gasteiger partial charge in [0.15, 0.2) is 0 Å². The molecule has 16 nitrogen and oxygen atoms in total. The third-order valence-electron chi connectivity index (χ3n) is 12.1. The topological polar surface area (TPSA) is 210 Å². The van der Waals surface area contributed by atoms with Gasteiger partial charge >= 0.3 is 12.2 Å². The van der Waals surface area contributed by atoms with Gasteiger partial charge in [-0.05, 0) is 71.5 Å². The minimum Gasteiger partial charge on any atom is -0.488 e. The van der Waals surface area contributed by atoms with Crippen molar-refractivity contribution < 1.29 is 48.2 Å². The highest BCUT2D eigenvalue weighted by molar-refractivity contribution is 6.32. The molecule has 0 bridgehead atoms. The SMILES string of the molecule is Cc1c(COc2cc(OCc3cncc(C#N)c3)c(CN3C(=O)OCC3CO)cc2Cl)cccc1-c1cccc(COc2cc(OCc3cncc(C#N)c3)c(CN3C(=O)OCC3CO)cc2Cl)c1C. The maximum absolute atomic E-state index is 12.6. The zero-order valence-corrected chi connectivity index (χ0v) is 39.6. The van der Waals surface area contributed by atoms with Crippen molar-refractivity contribution in [3.8, 4) is 46.3 Å². The molecule has 0 aliphatic carbocycles. The Morgan fingerprint density at radius 2 is 1.01 bits per heavy atom. The second-order valence-electron chi connectivity index (χ2n) is 16.6. The number of rotatable bonds is 19. The first-order valence-corrected chi connectivity index (χ1v) is 22.8. The van der Waals surface area contributed by atoms with E-state index in [0.717, 1.165) is 33.4 Å². The van der Waals surface area contributed by atoms with E-state index in [4.69, 9.17) is 51.6 Å². The summed E-state index contributed by atoms with van der Waals surface area (Å²) in [6, 6.07) is 25.0. The Morgan fingerprint density at radius 1 is 0.600 bits per heavy atom. The van der Waals surface area contributed by atoms with Crippen LogP contribution in [-0.2, 0) is 49.0 Å². The van der Waals surface area contributed by atoms with E-state index >= 15 is 0 Å². The molecule has 70 heavy (non-hydrogen) atoms. The van der Waals surface area contributed by atoms with Crippen LogP contribution in [0.4, 0.5) is 9.59 Å². The summed E-state index contributed by atoms with van der Waals surface area (Å²) in [5, 5.41) is 39.1. The summed E-state index contributed by atoms with van der Waals surface area (Å²) in [5.74, 6) is 1.43. The van der Waals surface area contributed by atoms with Crippen LogP contribution in [0.3, 0.4) is 0 Å². The van der Waals surface area contributed by atoms with Crippen molar-refractivity contribution >= 4 is 35.4 Å². The highest BCUT2D eigenvalue weighted by atomic mass is 35.5. The van der Waals surface area contributed by atoms with Gasteiger partial charge in [0.2, 0.25) is 0 Å². The molecule has 2 aliphatic heterocycles. The lowest BCUT2D eigenvalue weighted by molar-refractivity contribution is 0.149. The summed E-state index contributed by atoms with van der Waals surface area (Å²) in [6.07, 6.45) is 4.98. The molecule has 4 aromatic carbocycles. The third kappa shape index (κ3) is 11.1. The summed E-state index contributed by atoms with van der Waals surface area (Å²) >= 11 is 13.7. The number of ether oxygens (including phenoxy) is 6. The van der Waals surface area contributed by atoms with Gasteiger partial charge in [-0.1, -0.05) is 59.6 Å². The van der Waals surface area contributed by atoms with Crippen LogP contribution >= 0.6 is 23.2 Å². The molecular formula is C52H46Cl2N6O10. The Labute approximate surface area is 413 Å². The van der Waals surface area contributed by atoms with Crippen LogP contribution in [0.5, 0.6) is 23.0 Å². The van der Waals surface area contributed by atoms with Gasteiger partial charge < -0.3 is 38.6 Å². The van der Waals surface area contributed by atoms with E-state index in [1.165, 1.54) is 22.2 Å². The van der Waals surface area contributed by atoms with E-state index in [1.807, 2.05) is 50.2 Å². The number of nitriles is 2. The van der Waals surface area contributed by atoms with Gasteiger partial charge in [-0.2, -0.15) is 10.5 Å². The van der Waals surface area contributed by atoms with Crippen molar-refractivity contribution in [2.24, 2.45) is 0 Å². The van der Waals surface area contributed by atoms with Crippen LogP contribution in [0, 0.1) is 36.5 Å². The number of aliphatic hydroxyl groups is 2. The molecule has 2 amide bonds. The number of carbonyl (C=O) groups is 2. The zero-order chi connectivity index (χ0) is 49.3. The largest absolute Gasteiger partial charge is 0.488 e. The third-order valence-corrected chi connectivity index (χ3v) is 12.7. The molecule has 0 saturated carbocycles. The number of cyclic esters (lactones) is 2. The minimum atomic E-state index is -0.566. The fourth-order valence-electron chi connectivity index (χ4n) is 8.08. The van der Waals surface area contributed by atoms with E-state index in [2.05, 4.69) is 22.1 Å². The van der Waals surface area contributed by atoms with Crippen LogP contribution in [0.25, 0.3) is 11.1 Å². The normalized spacial score (nSPS) is 15.3. The van der Waals surface area contributed by atoms with E-state index in [0.29, 0.717) is 56.4 Å². The Bertz CT molecular complexity index is 2810. The smallest absolute Gasteiger partial charge is 0.410 e. The Morgan fingerprint density at radius 3 is 1.41 bits per heavy atom. The highest BCUT2D eigenvalue weighted by Gasteiger charge is 2.34. The first kappa shape index (κ1) is 48.8. The lowest BCUT2D eigenvalue weighted by Gasteiger charge is -2.22. The molecular weight excluding hydrogens is 940 g/mol. The summed E-state index contributed by atoms with van der Waals surface area (Å²) in [7, 11) is 0. The van der Waals surface area contributed by atoms with Gasteiger partial charge in [0.25, 0.3) is 0 Å². The fraction of sp³-hybridized carbons (Fsp3) is 0.269. The maximum Gasteiger partial charge on any atom is 0.410 e. The molecule has 2 fully saturated rings. The number of halogens is 2. The molecule has 358 valence electrons. The zero-order valence-electron chi connectivity index (χ0n) is 38.1. The van der Waals surface area contributed by atoms with Gasteiger partial charge in [0, 0.05) is 59.2 Å². The molecule has 6 aromatic rings. The van der Waals surface area contributed by atoms with Crippen LogP contribution in [-0.4, -0.2) is 80.7 Å². The molecule has 18 heteroatoms. The van der Waals surface area contributed by atoms with E-state index < -0.39 is 24.3 Å². The predicted molar refractivity (Wildman–Crippen MR) is 255 cm³/mol. The van der Waals surface area contributed by atoms with E-state index in [1.54, 1.807) is 48.8 Å². The number of carbonyl (C=O) groups excluding carboxylic acids is 2. The predicted octanol–water partition coefficient (Wildman–Crippen LogP) is 8.75. The molecule has 2 atom stereocenters. The van der Waals surface area contributed by atoms with Crippen molar-refractivity contribution in [3.05, 3.63) is 163 Å². The number of amides is 2. The molecule has 0 spiro atoms. The van der Waals surface area contributed by atoms with E-state index in [-0.39, 0.29) is 76.0 Å². The highest BCUT2D eigenvalue weighted by Crippen LogP contribution is 2.39. The van der Waals surface area contributed by atoms with Gasteiger partial charge in [-0.25, -0.2) is 9.59 Å². The summed E-state index contributed by atoms with van der Waals surface area (Å²) in [6.45, 7) is 4.12. The van der Waals surface area contributed by atoms with Crippen molar-refractivity contribution in [2.75, 3.05) is 26.4 Å². The number of hydrogen-bond acceptors (Lipinski definition) is 14. The van der Waals surface area contributed by atoms with Crippen molar-refractivity contribution in [2.45, 2.75) is 65.4 Å². The number of aromatic nitrogens is 2. The van der Waals surface area contributed by atoms with Crippen LogP contribution in [0.1, 0.15) is 55.6 Å². The lowest BCUT2D eigenvalue weighted by atomic mass is 9.92. The standard InChI is InChI=1S/C52H46Cl2N6O10/c1-31-37(27-67-49-13-47(65-25-35-9-33(15-55)17-57-19-35)39(11-45(49)53)21-59-41(23-61)29-69-51(59)63)5-3-7-43(31)44-8-4-6-38(32(44)2)28-68-50-14-48(66-26-36-10-34(16-56)18-58-20-36)40(12-46(50)54)22-60-42(24-62)30-70-52(60)64/h3-14,17-20,41-42,61-62H,21-30H2,1-2H3. The average molecular weight is 986 g/mol. The molecule has 2 unspecified atom stereocenters.